The summed E-state index contributed by atoms with van der Waals surface area (Å²) in [5.41, 5.74) is 5.10. The normalized spacial score (nSPS) is 10.7. The van der Waals surface area contributed by atoms with E-state index in [2.05, 4.69) is 39.7 Å². The third-order valence-electron chi connectivity index (χ3n) is 4.97. The van der Waals surface area contributed by atoms with E-state index >= 15 is 0 Å². The third kappa shape index (κ3) is 4.46. The van der Waals surface area contributed by atoms with Crippen LogP contribution in [-0.2, 0) is 13.0 Å². The molecule has 3 aromatic carbocycles. The molecule has 150 valence electrons. The minimum atomic E-state index is -0.299. The summed E-state index contributed by atoms with van der Waals surface area (Å²) in [6, 6.07) is 23.9. The minimum Gasteiger partial charge on any atom is -0.345 e. The Bertz CT molecular complexity index is 1190. The van der Waals surface area contributed by atoms with E-state index < -0.39 is 0 Å². The maximum atomic E-state index is 12.8. The summed E-state index contributed by atoms with van der Waals surface area (Å²) >= 11 is 0. The molecular weight excluding hydrogens is 372 g/mol. The Kier molecular flexibility index (Phi) is 5.70. The van der Waals surface area contributed by atoms with Gasteiger partial charge >= 0.3 is 0 Å². The number of hydrogen-bond acceptors (Lipinski definition) is 4. The smallest absolute Gasteiger partial charge is 0.289 e. The van der Waals surface area contributed by atoms with Gasteiger partial charge in [-0.1, -0.05) is 55.5 Å². The first kappa shape index (κ1) is 19.6. The first-order valence-electron chi connectivity index (χ1n) is 10.1. The molecule has 0 aliphatic rings. The summed E-state index contributed by atoms with van der Waals surface area (Å²) in [4.78, 5) is 21.8. The van der Waals surface area contributed by atoms with Gasteiger partial charge in [0, 0.05) is 17.6 Å². The first-order chi connectivity index (χ1) is 14.6. The number of anilines is 2. The minimum absolute atomic E-state index is 0.147. The van der Waals surface area contributed by atoms with Gasteiger partial charge in [-0.15, -0.1) is 0 Å². The molecule has 0 spiro atoms. The molecule has 5 nitrogen and oxygen atoms in total. The predicted octanol–water partition coefficient (Wildman–Crippen LogP) is 5.17. The van der Waals surface area contributed by atoms with Crippen molar-refractivity contribution in [2.24, 2.45) is 0 Å². The van der Waals surface area contributed by atoms with Crippen LogP contribution in [0.15, 0.2) is 72.8 Å². The monoisotopic (exact) mass is 396 g/mol. The van der Waals surface area contributed by atoms with Crippen LogP contribution in [0.4, 0.5) is 11.5 Å². The van der Waals surface area contributed by atoms with Gasteiger partial charge in [0.25, 0.3) is 5.91 Å². The van der Waals surface area contributed by atoms with Crippen LogP contribution in [0.5, 0.6) is 0 Å². The summed E-state index contributed by atoms with van der Waals surface area (Å²) in [5, 5.41) is 7.13. The van der Waals surface area contributed by atoms with E-state index in [0.717, 1.165) is 34.1 Å². The van der Waals surface area contributed by atoms with Gasteiger partial charge in [0.1, 0.15) is 5.82 Å². The molecule has 0 atom stereocenters. The zero-order valence-electron chi connectivity index (χ0n) is 17.1. The standard InChI is InChI=1S/C25H24N4O/c1-3-18-11-13-19(14-12-18)16-26-25(30)24-28-22-10-5-4-9-21(22)23(29-24)27-20-8-6-7-17(2)15-20/h4-15H,3,16H2,1-2H3,(H,26,30)(H,27,28,29). The Morgan fingerprint density at radius 3 is 2.43 bits per heavy atom. The van der Waals surface area contributed by atoms with E-state index in [0.29, 0.717) is 12.4 Å². The summed E-state index contributed by atoms with van der Waals surface area (Å²) in [6.07, 6.45) is 0.994. The number of benzene rings is 3. The number of aryl methyl sites for hydroxylation is 2. The van der Waals surface area contributed by atoms with Gasteiger partial charge in [-0.05, 0) is 54.3 Å². The maximum Gasteiger partial charge on any atom is 0.289 e. The van der Waals surface area contributed by atoms with Gasteiger partial charge in [0.2, 0.25) is 5.82 Å². The molecule has 4 rings (SSSR count). The topological polar surface area (TPSA) is 66.9 Å². The second-order valence-electron chi connectivity index (χ2n) is 7.26. The van der Waals surface area contributed by atoms with Crippen molar-refractivity contribution in [2.75, 3.05) is 5.32 Å². The Labute approximate surface area is 176 Å². The Balaban J connectivity index is 1.59. The van der Waals surface area contributed by atoms with Crippen molar-refractivity contribution in [3.05, 3.63) is 95.3 Å². The maximum absolute atomic E-state index is 12.8. The number of hydrogen-bond donors (Lipinski definition) is 2. The van der Waals surface area contributed by atoms with Gasteiger partial charge in [-0.3, -0.25) is 4.79 Å². The van der Waals surface area contributed by atoms with E-state index in [1.54, 1.807) is 0 Å². The largest absolute Gasteiger partial charge is 0.345 e. The van der Waals surface area contributed by atoms with Crippen molar-refractivity contribution in [1.82, 2.24) is 15.3 Å². The van der Waals surface area contributed by atoms with Crippen LogP contribution in [0.2, 0.25) is 0 Å². The van der Waals surface area contributed by atoms with Gasteiger partial charge in [0.05, 0.1) is 5.52 Å². The first-order valence-corrected chi connectivity index (χ1v) is 10.1. The number of fused-ring (bicyclic) bond motifs is 1. The molecule has 1 amide bonds. The Morgan fingerprint density at radius 1 is 0.900 bits per heavy atom. The lowest BCUT2D eigenvalue weighted by molar-refractivity contribution is 0.0941. The number of amides is 1. The summed E-state index contributed by atoms with van der Waals surface area (Å²) in [7, 11) is 0. The predicted molar refractivity (Wildman–Crippen MR) is 121 cm³/mol. The molecule has 0 aliphatic carbocycles. The van der Waals surface area contributed by atoms with Crippen molar-refractivity contribution < 1.29 is 4.79 Å². The molecule has 0 radical (unpaired) electrons. The fraction of sp³-hybridized carbons (Fsp3) is 0.160. The molecule has 2 N–H and O–H groups in total. The van der Waals surface area contributed by atoms with E-state index in [-0.39, 0.29) is 11.7 Å². The number of rotatable bonds is 6. The second kappa shape index (κ2) is 8.74. The quantitative estimate of drug-likeness (QED) is 0.472. The summed E-state index contributed by atoms with van der Waals surface area (Å²) in [5.74, 6) is 0.463. The van der Waals surface area contributed by atoms with Gasteiger partial charge in [-0.25, -0.2) is 9.97 Å². The van der Waals surface area contributed by atoms with E-state index in [4.69, 9.17) is 0 Å². The van der Waals surface area contributed by atoms with Crippen molar-refractivity contribution >= 4 is 28.3 Å². The zero-order valence-corrected chi connectivity index (χ0v) is 17.1. The molecule has 0 aliphatic heterocycles. The molecule has 0 unspecified atom stereocenters. The number of carbonyl (C=O) groups is 1. The third-order valence-corrected chi connectivity index (χ3v) is 4.97. The highest BCUT2D eigenvalue weighted by molar-refractivity contribution is 5.97. The number of nitrogens with one attached hydrogen (secondary N) is 2. The fourth-order valence-corrected chi connectivity index (χ4v) is 3.29. The summed E-state index contributed by atoms with van der Waals surface area (Å²) in [6.45, 7) is 4.59. The van der Waals surface area contributed by atoms with Crippen molar-refractivity contribution in [3.63, 3.8) is 0 Å². The fourth-order valence-electron chi connectivity index (χ4n) is 3.29. The van der Waals surface area contributed by atoms with Gasteiger partial charge in [-0.2, -0.15) is 0 Å². The van der Waals surface area contributed by atoms with Crippen LogP contribution in [0.25, 0.3) is 10.9 Å². The van der Waals surface area contributed by atoms with Crippen molar-refractivity contribution in [2.45, 2.75) is 26.8 Å². The number of nitrogens with zero attached hydrogens (tertiary/aromatic N) is 2. The second-order valence-corrected chi connectivity index (χ2v) is 7.26. The zero-order chi connectivity index (χ0) is 20.9. The van der Waals surface area contributed by atoms with Crippen LogP contribution in [0, 0.1) is 6.92 Å². The average molecular weight is 396 g/mol. The van der Waals surface area contributed by atoms with Crippen molar-refractivity contribution in [1.29, 1.82) is 0 Å². The van der Waals surface area contributed by atoms with Crippen LogP contribution < -0.4 is 10.6 Å². The lowest BCUT2D eigenvalue weighted by atomic mass is 10.1. The molecule has 5 heteroatoms. The number of aromatic nitrogens is 2. The molecule has 1 aromatic heterocycles. The van der Waals surface area contributed by atoms with Gasteiger partial charge in [0.15, 0.2) is 0 Å². The SMILES string of the molecule is CCc1ccc(CNC(=O)c2nc(Nc3cccc(C)c3)c3ccccc3n2)cc1. The van der Waals surface area contributed by atoms with Crippen molar-refractivity contribution in [3.8, 4) is 0 Å². The molecular formula is C25H24N4O. The molecule has 1 heterocycles. The van der Waals surface area contributed by atoms with Gasteiger partial charge < -0.3 is 10.6 Å². The summed E-state index contributed by atoms with van der Waals surface area (Å²) < 4.78 is 0. The van der Waals surface area contributed by atoms with E-state index in [9.17, 15) is 4.79 Å². The molecule has 0 saturated carbocycles. The molecule has 30 heavy (non-hydrogen) atoms. The highest BCUT2D eigenvalue weighted by Gasteiger charge is 2.14. The van der Waals surface area contributed by atoms with Crippen LogP contribution in [0.3, 0.4) is 0 Å². The highest BCUT2D eigenvalue weighted by atomic mass is 16.2. The van der Waals surface area contributed by atoms with Crippen LogP contribution >= 0.6 is 0 Å². The highest BCUT2D eigenvalue weighted by Crippen LogP contribution is 2.24. The Hall–Kier alpha value is -3.73. The molecule has 0 saturated heterocycles. The van der Waals surface area contributed by atoms with E-state index in [1.165, 1.54) is 5.56 Å². The molecule has 0 fully saturated rings. The lowest BCUT2D eigenvalue weighted by Gasteiger charge is -2.12. The number of carbonyl (C=O) groups excluding carboxylic acids is 1. The Morgan fingerprint density at radius 2 is 1.67 bits per heavy atom. The molecule has 4 aromatic rings. The van der Waals surface area contributed by atoms with E-state index in [1.807, 2.05) is 67.6 Å². The van der Waals surface area contributed by atoms with Crippen LogP contribution in [-0.4, -0.2) is 15.9 Å². The van der Waals surface area contributed by atoms with Crippen LogP contribution in [0.1, 0.15) is 34.2 Å². The molecule has 0 bridgehead atoms. The number of para-hydroxylation sites is 1. The lowest BCUT2D eigenvalue weighted by Crippen LogP contribution is -2.25. The average Bonchev–Trinajstić information content (AvgIpc) is 2.77.